The number of nitrogens with one attached hydrogen (secondary N) is 1. The highest BCUT2D eigenvalue weighted by Crippen LogP contribution is 2.20. The Kier molecular flexibility index (Phi) is 8.10. The van der Waals surface area contributed by atoms with Gasteiger partial charge in [-0.2, -0.15) is 5.26 Å². The average Bonchev–Trinajstić information content (AvgIpc) is 2.80. The van der Waals surface area contributed by atoms with Crippen LogP contribution in [0.25, 0.3) is 0 Å². The lowest BCUT2D eigenvalue weighted by Gasteiger charge is -2.12. The molecule has 0 saturated heterocycles. The summed E-state index contributed by atoms with van der Waals surface area (Å²) in [5, 5.41) is 11.1. The molecule has 0 atom stereocenters. The molecule has 1 N–H and O–H groups in total. The summed E-state index contributed by atoms with van der Waals surface area (Å²) >= 11 is 0. The molecule has 0 spiro atoms. The number of hydrogen-bond donors (Lipinski definition) is 1. The molecule has 0 aliphatic carbocycles. The van der Waals surface area contributed by atoms with Crippen molar-refractivity contribution in [3.63, 3.8) is 0 Å². The number of benzene rings is 2. The van der Waals surface area contributed by atoms with E-state index in [9.17, 15) is 19.2 Å². The SMILES string of the molecule is COC(=O)c1ccc(C(=O)OC)c(NC(=O)COC(=O)COc2ccc(C#N)cc2)c1. The average molecular weight is 426 g/mol. The van der Waals surface area contributed by atoms with E-state index in [2.05, 4.69) is 14.8 Å². The third kappa shape index (κ3) is 6.57. The topological polar surface area (TPSA) is 141 Å². The number of ether oxygens (including phenoxy) is 4. The quantitative estimate of drug-likeness (QED) is 0.493. The third-order valence-corrected chi connectivity index (χ3v) is 3.82. The molecule has 2 rings (SSSR count). The molecular formula is C21H18N2O8. The Balaban J connectivity index is 1.94. The van der Waals surface area contributed by atoms with Gasteiger partial charge < -0.3 is 24.3 Å². The highest BCUT2D eigenvalue weighted by Gasteiger charge is 2.18. The molecule has 1 amide bonds. The summed E-state index contributed by atoms with van der Waals surface area (Å²) in [5.74, 6) is -2.62. The predicted molar refractivity (Wildman–Crippen MR) is 105 cm³/mol. The zero-order chi connectivity index (χ0) is 22.8. The van der Waals surface area contributed by atoms with E-state index >= 15 is 0 Å². The Hall–Kier alpha value is -4.39. The normalized spacial score (nSPS) is 9.71. The number of hydrogen-bond acceptors (Lipinski definition) is 9. The summed E-state index contributed by atoms with van der Waals surface area (Å²) in [4.78, 5) is 47.5. The fourth-order valence-corrected chi connectivity index (χ4v) is 2.32. The maximum atomic E-state index is 12.1. The number of amides is 1. The van der Waals surface area contributed by atoms with E-state index in [1.165, 1.54) is 49.6 Å². The fourth-order valence-electron chi connectivity index (χ4n) is 2.32. The molecule has 0 heterocycles. The highest BCUT2D eigenvalue weighted by molar-refractivity contribution is 6.04. The van der Waals surface area contributed by atoms with Gasteiger partial charge in [0.25, 0.3) is 5.91 Å². The number of esters is 3. The summed E-state index contributed by atoms with van der Waals surface area (Å²) in [7, 11) is 2.35. The highest BCUT2D eigenvalue weighted by atomic mass is 16.6. The second-order valence-electron chi connectivity index (χ2n) is 5.88. The molecule has 0 aromatic heterocycles. The van der Waals surface area contributed by atoms with Gasteiger partial charge in [0.05, 0.1) is 42.7 Å². The largest absolute Gasteiger partial charge is 0.482 e. The molecule has 0 fully saturated rings. The Morgan fingerprint density at radius 2 is 1.61 bits per heavy atom. The van der Waals surface area contributed by atoms with Crippen molar-refractivity contribution >= 4 is 29.5 Å². The second-order valence-corrected chi connectivity index (χ2v) is 5.88. The van der Waals surface area contributed by atoms with Crippen LogP contribution in [0.5, 0.6) is 5.75 Å². The van der Waals surface area contributed by atoms with E-state index in [0.717, 1.165) is 7.11 Å². The lowest BCUT2D eigenvalue weighted by molar-refractivity contribution is -0.149. The molecule has 0 aliphatic rings. The fraction of sp³-hybridized carbons (Fsp3) is 0.190. The van der Waals surface area contributed by atoms with Gasteiger partial charge in [-0.25, -0.2) is 14.4 Å². The summed E-state index contributed by atoms with van der Waals surface area (Å²) in [5.41, 5.74) is 0.524. The Labute approximate surface area is 177 Å². The molecule has 10 heteroatoms. The van der Waals surface area contributed by atoms with Crippen LogP contribution in [0.2, 0.25) is 0 Å². The van der Waals surface area contributed by atoms with Crippen LogP contribution in [0.3, 0.4) is 0 Å². The second kappa shape index (κ2) is 11.0. The predicted octanol–water partition coefficient (Wildman–Crippen LogP) is 1.69. The number of carbonyl (C=O) groups excluding carboxylic acids is 4. The summed E-state index contributed by atoms with van der Waals surface area (Å²) in [6.07, 6.45) is 0. The van der Waals surface area contributed by atoms with Crippen molar-refractivity contribution in [3.8, 4) is 11.8 Å². The Morgan fingerprint density at radius 1 is 0.935 bits per heavy atom. The number of nitriles is 1. The van der Waals surface area contributed by atoms with Gasteiger partial charge in [-0.15, -0.1) is 0 Å². The summed E-state index contributed by atoms with van der Waals surface area (Å²) < 4.78 is 19.3. The van der Waals surface area contributed by atoms with Crippen LogP contribution in [-0.2, 0) is 23.8 Å². The van der Waals surface area contributed by atoms with Crippen molar-refractivity contribution in [1.82, 2.24) is 0 Å². The maximum Gasteiger partial charge on any atom is 0.344 e. The van der Waals surface area contributed by atoms with Crippen LogP contribution in [0.1, 0.15) is 26.3 Å². The van der Waals surface area contributed by atoms with Crippen LogP contribution in [0.4, 0.5) is 5.69 Å². The number of carbonyl (C=O) groups is 4. The van der Waals surface area contributed by atoms with Crippen molar-refractivity contribution in [3.05, 3.63) is 59.2 Å². The number of methoxy groups -OCH3 is 2. The molecule has 0 radical (unpaired) electrons. The Morgan fingerprint density at radius 3 is 2.23 bits per heavy atom. The molecule has 0 aliphatic heterocycles. The lowest BCUT2D eigenvalue weighted by Crippen LogP contribution is -2.24. The van der Waals surface area contributed by atoms with Gasteiger partial charge in [0.1, 0.15) is 5.75 Å². The van der Waals surface area contributed by atoms with Crippen LogP contribution in [-0.4, -0.2) is 51.2 Å². The minimum Gasteiger partial charge on any atom is -0.482 e. The van der Waals surface area contributed by atoms with Crippen LogP contribution in [0, 0.1) is 11.3 Å². The van der Waals surface area contributed by atoms with Gasteiger partial charge in [0.15, 0.2) is 13.2 Å². The number of nitrogens with zero attached hydrogens (tertiary/aromatic N) is 1. The first kappa shape index (κ1) is 22.9. The Bertz CT molecular complexity index is 1020. The van der Waals surface area contributed by atoms with Gasteiger partial charge >= 0.3 is 17.9 Å². The van der Waals surface area contributed by atoms with Crippen LogP contribution in [0.15, 0.2) is 42.5 Å². The molecule has 160 valence electrons. The van der Waals surface area contributed by atoms with E-state index < -0.39 is 37.0 Å². The maximum absolute atomic E-state index is 12.1. The van der Waals surface area contributed by atoms with Gasteiger partial charge in [-0.05, 0) is 42.5 Å². The minimum absolute atomic E-state index is 0.000945. The van der Waals surface area contributed by atoms with E-state index in [1.54, 1.807) is 0 Å². The molecule has 2 aromatic carbocycles. The van der Waals surface area contributed by atoms with Crippen LogP contribution >= 0.6 is 0 Å². The van der Waals surface area contributed by atoms with Crippen molar-refractivity contribution in [2.45, 2.75) is 0 Å². The summed E-state index contributed by atoms with van der Waals surface area (Å²) in [6.45, 7) is -1.11. The summed E-state index contributed by atoms with van der Waals surface area (Å²) in [6, 6.07) is 11.9. The molecule has 10 nitrogen and oxygen atoms in total. The molecule has 0 unspecified atom stereocenters. The van der Waals surface area contributed by atoms with Gasteiger partial charge in [0, 0.05) is 0 Å². The number of rotatable bonds is 8. The van der Waals surface area contributed by atoms with E-state index in [1.807, 2.05) is 6.07 Å². The van der Waals surface area contributed by atoms with Gasteiger partial charge in [-0.3, -0.25) is 4.79 Å². The zero-order valence-electron chi connectivity index (χ0n) is 16.7. The van der Waals surface area contributed by atoms with Crippen molar-refractivity contribution < 1.29 is 38.1 Å². The first-order chi connectivity index (χ1) is 14.9. The molecule has 0 saturated carbocycles. The first-order valence-electron chi connectivity index (χ1n) is 8.77. The van der Waals surface area contributed by atoms with E-state index in [4.69, 9.17) is 14.7 Å². The number of anilines is 1. The van der Waals surface area contributed by atoms with Crippen molar-refractivity contribution in [1.29, 1.82) is 5.26 Å². The molecular weight excluding hydrogens is 408 g/mol. The van der Waals surface area contributed by atoms with Crippen molar-refractivity contribution in [2.24, 2.45) is 0 Å². The smallest absolute Gasteiger partial charge is 0.344 e. The first-order valence-corrected chi connectivity index (χ1v) is 8.77. The van der Waals surface area contributed by atoms with Crippen LogP contribution < -0.4 is 10.1 Å². The molecule has 31 heavy (non-hydrogen) atoms. The van der Waals surface area contributed by atoms with E-state index in [0.29, 0.717) is 11.3 Å². The zero-order valence-corrected chi connectivity index (χ0v) is 16.7. The lowest BCUT2D eigenvalue weighted by atomic mass is 10.1. The molecule has 2 aromatic rings. The van der Waals surface area contributed by atoms with Crippen molar-refractivity contribution in [2.75, 3.05) is 32.8 Å². The molecule has 0 bridgehead atoms. The van der Waals surface area contributed by atoms with E-state index in [-0.39, 0.29) is 16.8 Å². The van der Waals surface area contributed by atoms with Gasteiger partial charge in [0.2, 0.25) is 0 Å². The minimum atomic E-state index is -0.809. The van der Waals surface area contributed by atoms with Gasteiger partial charge in [-0.1, -0.05) is 0 Å². The third-order valence-electron chi connectivity index (χ3n) is 3.82. The monoisotopic (exact) mass is 426 g/mol. The standard InChI is InChI=1S/C21H18N2O8/c1-28-20(26)14-5-8-16(21(27)29-2)17(9-14)23-18(24)11-31-19(25)12-30-15-6-3-13(10-22)4-7-15/h3-9H,11-12H2,1-2H3,(H,23,24).